The molecule has 0 aromatic rings. The van der Waals surface area contributed by atoms with Gasteiger partial charge in [0.25, 0.3) is 0 Å². The molecule has 0 saturated heterocycles. The molecule has 4 N–H and O–H groups in total. The van der Waals surface area contributed by atoms with Crippen LogP contribution in [0.4, 0.5) is 0 Å². The Morgan fingerprint density at radius 2 is 1.69 bits per heavy atom. The summed E-state index contributed by atoms with van der Waals surface area (Å²) in [7, 11) is 1.48. The summed E-state index contributed by atoms with van der Waals surface area (Å²) in [5.41, 5.74) is 0. The van der Waals surface area contributed by atoms with E-state index in [0.29, 0.717) is 0 Å². The molecule has 5 atom stereocenters. The molecule has 0 heterocycles. The topological polar surface area (TPSA) is 90.2 Å². The molecule has 0 amide bonds. The van der Waals surface area contributed by atoms with Gasteiger partial charge in [-0.3, -0.25) is 0 Å². The zero-order valence-electron chi connectivity index (χ0n) is 7.50. The van der Waals surface area contributed by atoms with Crippen molar-refractivity contribution in [2.75, 3.05) is 13.7 Å². The van der Waals surface area contributed by atoms with Gasteiger partial charge in [0.15, 0.2) is 0 Å². The fourth-order valence-corrected chi connectivity index (χ4v) is 1.68. The zero-order chi connectivity index (χ0) is 10.0. The predicted octanol–water partition coefficient (Wildman–Crippen LogP) is -1.90. The van der Waals surface area contributed by atoms with Gasteiger partial charge in [-0.05, 0) is 6.42 Å². The monoisotopic (exact) mass is 192 g/mol. The molecule has 1 rings (SSSR count). The first kappa shape index (κ1) is 10.9. The van der Waals surface area contributed by atoms with Crippen molar-refractivity contribution < 1.29 is 25.2 Å². The van der Waals surface area contributed by atoms with Crippen molar-refractivity contribution >= 4 is 0 Å². The number of hydrogen-bond donors (Lipinski definition) is 4. The Bertz CT molecular complexity index is 163. The van der Waals surface area contributed by atoms with E-state index in [1.807, 2.05) is 0 Å². The average molecular weight is 192 g/mol. The average Bonchev–Trinajstić information content (AvgIpc) is 2.11. The third kappa shape index (κ3) is 2.18. The van der Waals surface area contributed by atoms with Crippen molar-refractivity contribution in [3.05, 3.63) is 0 Å². The largest absolute Gasteiger partial charge is 0.390 e. The van der Waals surface area contributed by atoms with Crippen molar-refractivity contribution in [2.45, 2.75) is 30.8 Å². The summed E-state index contributed by atoms with van der Waals surface area (Å²) in [6, 6.07) is 0. The molecule has 0 aliphatic heterocycles. The first-order chi connectivity index (χ1) is 6.07. The lowest BCUT2D eigenvalue weighted by Gasteiger charge is -2.37. The fraction of sp³-hybridized carbons (Fsp3) is 1.00. The number of rotatable bonds is 2. The Labute approximate surface area is 76.6 Å². The summed E-state index contributed by atoms with van der Waals surface area (Å²) >= 11 is 0. The Morgan fingerprint density at radius 3 is 2.23 bits per heavy atom. The molecule has 0 spiro atoms. The van der Waals surface area contributed by atoms with Crippen molar-refractivity contribution in [2.24, 2.45) is 5.92 Å². The van der Waals surface area contributed by atoms with E-state index in [-0.39, 0.29) is 18.9 Å². The van der Waals surface area contributed by atoms with E-state index in [2.05, 4.69) is 0 Å². The third-order valence-electron chi connectivity index (χ3n) is 2.50. The van der Waals surface area contributed by atoms with Crippen LogP contribution in [-0.4, -0.2) is 58.6 Å². The van der Waals surface area contributed by atoms with E-state index in [9.17, 15) is 20.4 Å². The molecule has 0 aromatic heterocycles. The van der Waals surface area contributed by atoms with Crippen LogP contribution in [-0.2, 0) is 4.74 Å². The maximum absolute atomic E-state index is 9.46. The Hall–Kier alpha value is -0.200. The SMILES string of the molecule is COC[C@@H]1C[C@@H](O)[C@@H](O)[C@H](O)[C@H]1O. The van der Waals surface area contributed by atoms with Crippen molar-refractivity contribution in [3.63, 3.8) is 0 Å². The van der Waals surface area contributed by atoms with Gasteiger partial charge in [-0.25, -0.2) is 0 Å². The van der Waals surface area contributed by atoms with E-state index in [1.165, 1.54) is 7.11 Å². The summed E-state index contributed by atoms with van der Waals surface area (Å²) in [5.74, 6) is -0.321. The van der Waals surface area contributed by atoms with Gasteiger partial charge in [0.05, 0.1) is 18.8 Å². The lowest BCUT2D eigenvalue weighted by Crippen LogP contribution is -2.54. The van der Waals surface area contributed by atoms with Crippen molar-refractivity contribution in [1.29, 1.82) is 0 Å². The van der Waals surface area contributed by atoms with Gasteiger partial charge < -0.3 is 25.2 Å². The molecule has 0 unspecified atom stereocenters. The second-order valence-corrected chi connectivity index (χ2v) is 3.49. The maximum Gasteiger partial charge on any atom is 0.109 e. The molecule has 78 valence electrons. The van der Waals surface area contributed by atoms with Crippen LogP contribution >= 0.6 is 0 Å². The molecule has 1 saturated carbocycles. The molecule has 0 aromatic carbocycles. The first-order valence-electron chi connectivity index (χ1n) is 4.29. The lowest BCUT2D eigenvalue weighted by atomic mass is 9.81. The zero-order valence-corrected chi connectivity index (χ0v) is 7.50. The molecule has 13 heavy (non-hydrogen) atoms. The summed E-state index contributed by atoms with van der Waals surface area (Å²) in [6.07, 6.45) is -4.32. The summed E-state index contributed by atoms with van der Waals surface area (Å²) < 4.78 is 4.82. The van der Waals surface area contributed by atoms with E-state index >= 15 is 0 Å². The standard InChI is InChI=1S/C8H16O5/c1-13-3-4-2-5(9)7(11)8(12)6(4)10/h4-12H,2-3H2,1H3/t4-,5+,6-,7+,8+/m0/s1. The highest BCUT2D eigenvalue weighted by molar-refractivity contribution is 4.92. The number of hydrogen-bond acceptors (Lipinski definition) is 5. The predicted molar refractivity (Wildman–Crippen MR) is 44.0 cm³/mol. The summed E-state index contributed by atoms with van der Waals surface area (Å²) in [4.78, 5) is 0. The van der Waals surface area contributed by atoms with Gasteiger partial charge in [0, 0.05) is 13.0 Å². The van der Waals surface area contributed by atoms with Crippen LogP contribution in [0.15, 0.2) is 0 Å². The van der Waals surface area contributed by atoms with Gasteiger partial charge in [-0.1, -0.05) is 0 Å². The van der Waals surface area contributed by atoms with Crippen LogP contribution in [0.5, 0.6) is 0 Å². The molecule has 5 heteroatoms. The van der Waals surface area contributed by atoms with Crippen LogP contribution in [0.25, 0.3) is 0 Å². The second kappa shape index (κ2) is 4.34. The smallest absolute Gasteiger partial charge is 0.109 e. The Kier molecular flexibility index (Phi) is 3.63. The number of aliphatic hydroxyl groups is 4. The quantitative estimate of drug-likeness (QED) is 0.410. The summed E-state index contributed by atoms with van der Waals surface area (Å²) in [6.45, 7) is 0.266. The van der Waals surface area contributed by atoms with Gasteiger partial charge in [0.2, 0.25) is 0 Å². The van der Waals surface area contributed by atoms with Gasteiger partial charge in [0.1, 0.15) is 12.2 Å². The lowest BCUT2D eigenvalue weighted by molar-refractivity contribution is -0.164. The molecule has 1 fully saturated rings. The Balaban J connectivity index is 2.59. The normalized spacial score (nSPS) is 46.4. The number of methoxy groups -OCH3 is 1. The fourth-order valence-electron chi connectivity index (χ4n) is 1.68. The second-order valence-electron chi connectivity index (χ2n) is 3.49. The number of ether oxygens (including phenoxy) is 1. The molecule has 0 bridgehead atoms. The van der Waals surface area contributed by atoms with Crippen LogP contribution in [0.1, 0.15) is 6.42 Å². The van der Waals surface area contributed by atoms with Gasteiger partial charge in [-0.2, -0.15) is 0 Å². The van der Waals surface area contributed by atoms with E-state index in [0.717, 1.165) is 0 Å². The summed E-state index contributed by atoms with van der Waals surface area (Å²) in [5, 5.41) is 37.2. The highest BCUT2D eigenvalue weighted by Gasteiger charge is 2.41. The van der Waals surface area contributed by atoms with Crippen molar-refractivity contribution in [1.82, 2.24) is 0 Å². The minimum atomic E-state index is -1.29. The third-order valence-corrected chi connectivity index (χ3v) is 2.50. The van der Waals surface area contributed by atoms with Gasteiger partial charge in [-0.15, -0.1) is 0 Å². The highest BCUT2D eigenvalue weighted by atomic mass is 16.5. The minimum Gasteiger partial charge on any atom is -0.390 e. The van der Waals surface area contributed by atoms with E-state index in [1.54, 1.807) is 0 Å². The molecule has 1 aliphatic carbocycles. The molecule has 1 aliphatic rings. The number of aliphatic hydroxyl groups excluding tert-OH is 4. The van der Waals surface area contributed by atoms with Crippen LogP contribution in [0.2, 0.25) is 0 Å². The van der Waals surface area contributed by atoms with E-state index in [4.69, 9.17) is 4.74 Å². The first-order valence-corrected chi connectivity index (χ1v) is 4.29. The van der Waals surface area contributed by atoms with Crippen LogP contribution in [0.3, 0.4) is 0 Å². The molecular formula is C8H16O5. The Morgan fingerprint density at radius 1 is 1.08 bits per heavy atom. The van der Waals surface area contributed by atoms with E-state index < -0.39 is 24.4 Å². The van der Waals surface area contributed by atoms with Crippen LogP contribution in [0, 0.1) is 5.92 Å². The van der Waals surface area contributed by atoms with Crippen LogP contribution < -0.4 is 0 Å². The minimum absolute atomic E-state index is 0.243. The highest BCUT2D eigenvalue weighted by Crippen LogP contribution is 2.25. The molecule has 0 radical (unpaired) electrons. The van der Waals surface area contributed by atoms with Gasteiger partial charge >= 0.3 is 0 Å². The molecule has 5 nitrogen and oxygen atoms in total. The van der Waals surface area contributed by atoms with Crippen molar-refractivity contribution in [3.8, 4) is 0 Å². The maximum atomic E-state index is 9.46. The molecular weight excluding hydrogens is 176 g/mol.